The van der Waals surface area contributed by atoms with E-state index in [9.17, 15) is 5.11 Å². The first kappa shape index (κ1) is 11.6. The second-order valence-electron chi connectivity index (χ2n) is 3.34. The topological polar surface area (TPSA) is 32.6 Å². The molecule has 1 N–H and O–H groups in total. The molecule has 2 heteroatoms. The van der Waals surface area contributed by atoms with Crippen LogP contribution < -0.4 is 0 Å². The number of hydrogen-bond donors (Lipinski definition) is 1. The minimum absolute atomic E-state index is 0.641. The van der Waals surface area contributed by atoms with E-state index >= 15 is 0 Å². The zero-order valence-electron chi connectivity index (χ0n) is 8.72. The van der Waals surface area contributed by atoms with Crippen LogP contribution in [0, 0.1) is 0 Å². The van der Waals surface area contributed by atoms with Gasteiger partial charge in [-0.2, -0.15) is 0 Å². The maximum Gasteiger partial charge on any atom is 0.102 e. The van der Waals surface area contributed by atoms with Gasteiger partial charge in [-0.05, 0) is 19.8 Å². The molecule has 0 spiro atoms. The lowest BCUT2D eigenvalue weighted by Crippen LogP contribution is -2.36. The van der Waals surface area contributed by atoms with Crippen LogP contribution in [0.1, 0.15) is 46.5 Å². The van der Waals surface area contributed by atoms with E-state index in [1.54, 1.807) is 7.05 Å². The predicted molar refractivity (Wildman–Crippen MR) is 53.8 cm³/mol. The highest BCUT2D eigenvalue weighted by Gasteiger charge is 2.27. The van der Waals surface area contributed by atoms with E-state index in [2.05, 4.69) is 18.8 Å². The predicted octanol–water partition coefficient (Wildman–Crippen LogP) is 2.41. The lowest BCUT2D eigenvalue weighted by Gasteiger charge is -2.27. The number of aliphatic hydroxyl groups is 1. The molecular formula is C10H21NO. The average Bonchev–Trinajstić information content (AvgIpc) is 2.04. The van der Waals surface area contributed by atoms with Gasteiger partial charge in [0.1, 0.15) is 5.60 Å². The first-order valence-electron chi connectivity index (χ1n) is 4.77. The van der Waals surface area contributed by atoms with E-state index in [0.29, 0.717) is 0 Å². The lowest BCUT2D eigenvalue weighted by atomic mass is 9.88. The smallest absolute Gasteiger partial charge is 0.102 e. The normalized spacial score (nSPS) is 13.6. The van der Waals surface area contributed by atoms with Crippen molar-refractivity contribution < 1.29 is 5.11 Å². The number of rotatable bonds is 5. The van der Waals surface area contributed by atoms with E-state index in [0.717, 1.165) is 31.4 Å². The molecule has 72 valence electrons. The van der Waals surface area contributed by atoms with E-state index < -0.39 is 5.60 Å². The van der Waals surface area contributed by atoms with Crippen LogP contribution >= 0.6 is 0 Å². The third-order valence-corrected chi connectivity index (χ3v) is 2.34. The van der Waals surface area contributed by atoms with Gasteiger partial charge >= 0.3 is 0 Å². The van der Waals surface area contributed by atoms with Crippen LogP contribution in [0.5, 0.6) is 0 Å². The molecule has 0 heterocycles. The molecular weight excluding hydrogens is 150 g/mol. The van der Waals surface area contributed by atoms with E-state index in [1.165, 1.54) is 0 Å². The summed E-state index contributed by atoms with van der Waals surface area (Å²) in [6, 6.07) is 0. The highest BCUT2D eigenvalue weighted by molar-refractivity contribution is 5.90. The SMILES string of the molecule is CCCC(O)(CCC)C(C)=NC. The van der Waals surface area contributed by atoms with Crippen molar-refractivity contribution in [3.05, 3.63) is 0 Å². The van der Waals surface area contributed by atoms with E-state index in [-0.39, 0.29) is 0 Å². The van der Waals surface area contributed by atoms with Crippen LogP contribution in [-0.4, -0.2) is 23.5 Å². The Hall–Kier alpha value is -0.370. The second-order valence-corrected chi connectivity index (χ2v) is 3.34. The summed E-state index contributed by atoms with van der Waals surface area (Å²) in [5.41, 5.74) is 0.226. The Morgan fingerprint density at radius 1 is 1.25 bits per heavy atom. The fourth-order valence-electron chi connectivity index (χ4n) is 1.52. The molecule has 0 radical (unpaired) electrons. The summed E-state index contributed by atoms with van der Waals surface area (Å²) in [6.07, 6.45) is 3.65. The van der Waals surface area contributed by atoms with Crippen LogP contribution in [0.2, 0.25) is 0 Å². The van der Waals surface area contributed by atoms with Gasteiger partial charge in [-0.1, -0.05) is 26.7 Å². The quantitative estimate of drug-likeness (QED) is 0.633. The lowest BCUT2D eigenvalue weighted by molar-refractivity contribution is 0.0903. The van der Waals surface area contributed by atoms with Crippen molar-refractivity contribution in [3.63, 3.8) is 0 Å². The second kappa shape index (κ2) is 5.31. The average molecular weight is 171 g/mol. The van der Waals surface area contributed by atoms with Crippen LogP contribution in [-0.2, 0) is 0 Å². The summed E-state index contributed by atoms with van der Waals surface area (Å²) < 4.78 is 0. The zero-order chi connectivity index (χ0) is 9.61. The molecule has 0 fully saturated rings. The highest BCUT2D eigenvalue weighted by atomic mass is 16.3. The molecule has 0 saturated carbocycles. The monoisotopic (exact) mass is 171 g/mol. The van der Waals surface area contributed by atoms with Crippen LogP contribution in [0.15, 0.2) is 4.99 Å². The molecule has 0 unspecified atom stereocenters. The molecule has 0 aliphatic heterocycles. The molecule has 12 heavy (non-hydrogen) atoms. The van der Waals surface area contributed by atoms with Gasteiger partial charge in [-0.3, -0.25) is 4.99 Å². The molecule has 0 aromatic carbocycles. The van der Waals surface area contributed by atoms with E-state index in [4.69, 9.17) is 0 Å². The first-order valence-corrected chi connectivity index (χ1v) is 4.77. The van der Waals surface area contributed by atoms with Crippen molar-refractivity contribution in [1.82, 2.24) is 0 Å². The summed E-state index contributed by atoms with van der Waals surface area (Å²) in [5.74, 6) is 0. The van der Waals surface area contributed by atoms with Crippen LogP contribution in [0.3, 0.4) is 0 Å². The molecule has 0 amide bonds. The summed E-state index contributed by atoms with van der Waals surface area (Å²) >= 11 is 0. The zero-order valence-corrected chi connectivity index (χ0v) is 8.72. The van der Waals surface area contributed by atoms with Crippen molar-refractivity contribution in [2.45, 2.75) is 52.1 Å². The molecule has 0 aromatic heterocycles. The Bertz CT molecular complexity index is 146. The summed E-state index contributed by atoms with van der Waals surface area (Å²) in [5, 5.41) is 10.1. The van der Waals surface area contributed by atoms with Gasteiger partial charge in [-0.15, -0.1) is 0 Å². The molecule has 0 saturated heterocycles. The van der Waals surface area contributed by atoms with Gasteiger partial charge in [-0.25, -0.2) is 0 Å². The van der Waals surface area contributed by atoms with Gasteiger partial charge in [0, 0.05) is 12.8 Å². The van der Waals surface area contributed by atoms with Crippen molar-refractivity contribution in [3.8, 4) is 0 Å². The van der Waals surface area contributed by atoms with Crippen molar-refractivity contribution in [2.24, 2.45) is 4.99 Å². The summed E-state index contributed by atoms with van der Waals surface area (Å²) in [6.45, 7) is 6.08. The minimum atomic E-state index is -0.641. The molecule has 2 nitrogen and oxygen atoms in total. The van der Waals surface area contributed by atoms with Gasteiger partial charge in [0.15, 0.2) is 0 Å². The number of hydrogen-bond acceptors (Lipinski definition) is 2. The Balaban J connectivity index is 4.37. The number of nitrogens with zero attached hydrogens (tertiary/aromatic N) is 1. The maximum absolute atomic E-state index is 10.1. The standard InChI is InChI=1S/C10H21NO/c1-5-7-10(12,8-6-2)9(3)11-4/h12H,5-8H2,1-4H3. The van der Waals surface area contributed by atoms with Crippen LogP contribution in [0.25, 0.3) is 0 Å². The molecule has 0 bridgehead atoms. The minimum Gasteiger partial charge on any atom is -0.384 e. The Morgan fingerprint density at radius 3 is 1.92 bits per heavy atom. The van der Waals surface area contributed by atoms with Gasteiger partial charge in [0.25, 0.3) is 0 Å². The Kier molecular flexibility index (Phi) is 5.14. The van der Waals surface area contributed by atoms with Gasteiger partial charge in [0.2, 0.25) is 0 Å². The fourth-order valence-corrected chi connectivity index (χ4v) is 1.52. The van der Waals surface area contributed by atoms with E-state index in [1.807, 2.05) is 6.92 Å². The van der Waals surface area contributed by atoms with Crippen molar-refractivity contribution in [2.75, 3.05) is 7.05 Å². The molecule has 0 atom stereocenters. The molecule has 0 aliphatic carbocycles. The van der Waals surface area contributed by atoms with Crippen molar-refractivity contribution in [1.29, 1.82) is 0 Å². The maximum atomic E-state index is 10.1. The Labute approximate surface area is 75.7 Å². The third kappa shape index (κ3) is 2.94. The van der Waals surface area contributed by atoms with Crippen molar-refractivity contribution >= 4 is 5.71 Å². The molecule has 0 aromatic rings. The number of aliphatic imine (C=N–C) groups is 1. The molecule has 0 rings (SSSR count). The Morgan fingerprint density at radius 2 is 1.67 bits per heavy atom. The fraction of sp³-hybridized carbons (Fsp3) is 0.900. The van der Waals surface area contributed by atoms with Gasteiger partial charge in [0.05, 0.1) is 0 Å². The largest absolute Gasteiger partial charge is 0.384 e. The first-order chi connectivity index (χ1) is 5.60. The third-order valence-electron chi connectivity index (χ3n) is 2.34. The summed E-state index contributed by atoms with van der Waals surface area (Å²) in [7, 11) is 1.74. The summed E-state index contributed by atoms with van der Waals surface area (Å²) in [4.78, 5) is 4.06. The van der Waals surface area contributed by atoms with Crippen LogP contribution in [0.4, 0.5) is 0 Å². The highest BCUT2D eigenvalue weighted by Crippen LogP contribution is 2.21. The van der Waals surface area contributed by atoms with Gasteiger partial charge < -0.3 is 5.11 Å². The molecule has 0 aliphatic rings.